The molecule has 0 amide bonds. The number of benzene rings is 2. The van der Waals surface area contributed by atoms with Crippen LogP contribution in [0, 0.1) is 0 Å². The zero-order valence-corrected chi connectivity index (χ0v) is 25.1. The van der Waals surface area contributed by atoms with Crippen molar-refractivity contribution in [2.45, 2.75) is 39.3 Å². The smallest absolute Gasteiger partial charge is 0.176 e. The van der Waals surface area contributed by atoms with Gasteiger partial charge in [0.2, 0.25) is 0 Å². The van der Waals surface area contributed by atoms with Crippen LogP contribution in [-0.4, -0.2) is 27.9 Å². The van der Waals surface area contributed by atoms with Gasteiger partial charge in [0.05, 0.1) is 20.1 Å². The molecule has 2 aromatic carbocycles. The lowest BCUT2D eigenvalue weighted by atomic mass is 10.1. The van der Waals surface area contributed by atoms with Crippen molar-refractivity contribution in [3.63, 3.8) is 0 Å². The van der Waals surface area contributed by atoms with E-state index in [1.807, 2.05) is 70.0 Å². The van der Waals surface area contributed by atoms with E-state index in [-0.39, 0.29) is 20.1 Å². The molecule has 0 radical (unpaired) electrons. The number of anilines is 2. The van der Waals surface area contributed by atoms with Crippen LogP contribution in [0.5, 0.6) is 0 Å². The average Bonchev–Trinajstić information content (AvgIpc) is 2.78. The largest absolute Gasteiger partial charge is 0.295 e. The zero-order valence-electron chi connectivity index (χ0n) is 20.1. The van der Waals surface area contributed by atoms with Gasteiger partial charge in [0.25, 0.3) is 0 Å². The molecule has 0 fully saturated rings. The Hall–Kier alpha value is -1.55. The molecule has 3 rings (SSSR count). The number of allylic oxidation sites excluding steroid dienone is 4. The molecule has 180 valence electrons. The summed E-state index contributed by atoms with van der Waals surface area (Å²) in [6.45, 7) is 13.2. The van der Waals surface area contributed by atoms with Gasteiger partial charge in [-0.1, -0.05) is 82.8 Å². The van der Waals surface area contributed by atoms with Crippen LogP contribution in [0.1, 0.15) is 0 Å². The molecule has 0 N–H and O–H groups in total. The number of hydrogen-bond acceptors (Lipinski definition) is 4. The standard InChI is InChI=1S/C24H28Cl4N4Si2/c1-33(2,3)31(17-13-9-7-10-14-17)29-23-21(27)19(25)20(26)22(28)24(23)30-32(34(4,5)6)18-15-11-8-12-16-18/h7-16H,1-6H3. The molecule has 34 heavy (non-hydrogen) atoms. The van der Waals surface area contributed by atoms with Crippen LogP contribution in [-0.2, 0) is 0 Å². The average molecular weight is 571 g/mol. The Morgan fingerprint density at radius 2 is 0.794 bits per heavy atom. The van der Waals surface area contributed by atoms with E-state index in [1.54, 1.807) is 0 Å². The maximum Gasteiger partial charge on any atom is 0.176 e. The van der Waals surface area contributed by atoms with Gasteiger partial charge >= 0.3 is 0 Å². The molecule has 0 aromatic heterocycles. The SMILES string of the molecule is C[Si](C)(C)N(N=C1C(=NN(c2ccccc2)[Si](C)(C)C)C(Cl)=C(Cl)C(Cl)=C1Cl)c1ccccc1. The van der Waals surface area contributed by atoms with E-state index in [2.05, 4.69) is 39.3 Å². The number of halogens is 4. The van der Waals surface area contributed by atoms with Crippen molar-refractivity contribution in [3.05, 3.63) is 80.8 Å². The molecule has 0 unspecified atom stereocenters. The predicted octanol–water partition coefficient (Wildman–Crippen LogP) is 8.77. The highest BCUT2D eigenvalue weighted by Gasteiger charge is 2.34. The molecule has 2 aromatic rings. The van der Waals surface area contributed by atoms with Crippen LogP contribution in [0.4, 0.5) is 11.4 Å². The van der Waals surface area contributed by atoms with E-state index >= 15 is 0 Å². The minimum atomic E-state index is -2.00. The second-order valence-corrected chi connectivity index (χ2v) is 20.8. The van der Waals surface area contributed by atoms with Crippen molar-refractivity contribution in [3.8, 4) is 0 Å². The second kappa shape index (κ2) is 10.6. The van der Waals surface area contributed by atoms with Crippen molar-refractivity contribution in [1.82, 2.24) is 0 Å². The van der Waals surface area contributed by atoms with Gasteiger partial charge < -0.3 is 0 Å². The Labute approximate surface area is 224 Å². The quantitative estimate of drug-likeness (QED) is 0.198. The molecular weight excluding hydrogens is 542 g/mol. The third-order valence-corrected chi connectivity index (χ3v) is 9.93. The lowest BCUT2D eigenvalue weighted by molar-refractivity contribution is 1.11. The Kier molecular flexibility index (Phi) is 8.43. The van der Waals surface area contributed by atoms with Gasteiger partial charge in [0.1, 0.15) is 11.4 Å². The highest BCUT2D eigenvalue weighted by molar-refractivity contribution is 6.82. The first-order valence-corrected chi connectivity index (χ1v) is 19.2. The van der Waals surface area contributed by atoms with Crippen molar-refractivity contribution in [2.24, 2.45) is 10.2 Å². The number of para-hydroxylation sites is 2. The van der Waals surface area contributed by atoms with E-state index in [9.17, 15) is 0 Å². The van der Waals surface area contributed by atoms with Crippen molar-refractivity contribution in [2.75, 3.05) is 9.35 Å². The summed E-state index contributed by atoms with van der Waals surface area (Å²) in [6, 6.07) is 19.9. The normalized spacial score (nSPS) is 17.6. The minimum Gasteiger partial charge on any atom is -0.295 e. The fourth-order valence-corrected chi connectivity index (χ4v) is 6.88. The summed E-state index contributed by atoms with van der Waals surface area (Å²) in [5, 5.41) is 10.8. The van der Waals surface area contributed by atoms with Gasteiger partial charge in [0, 0.05) is 11.4 Å². The molecule has 0 heterocycles. The maximum absolute atomic E-state index is 6.75. The van der Waals surface area contributed by atoms with E-state index in [4.69, 9.17) is 56.6 Å². The molecule has 0 saturated heterocycles. The fourth-order valence-electron chi connectivity index (χ4n) is 3.32. The summed E-state index contributed by atoms with van der Waals surface area (Å²) >= 11 is 26.5. The van der Waals surface area contributed by atoms with Gasteiger partial charge in [-0.25, -0.2) is 0 Å². The van der Waals surface area contributed by atoms with Crippen molar-refractivity contribution in [1.29, 1.82) is 0 Å². The molecule has 10 heteroatoms. The van der Waals surface area contributed by atoms with Crippen LogP contribution in [0.25, 0.3) is 0 Å². The van der Waals surface area contributed by atoms with Crippen molar-refractivity contribution >= 4 is 85.7 Å². The van der Waals surface area contributed by atoms with Gasteiger partial charge in [-0.2, -0.15) is 10.2 Å². The fraction of sp³-hybridized carbons (Fsp3) is 0.250. The Balaban J connectivity index is 2.28. The lowest BCUT2D eigenvalue weighted by Crippen LogP contribution is -2.46. The van der Waals surface area contributed by atoms with Gasteiger partial charge in [-0.3, -0.25) is 9.35 Å². The third kappa shape index (κ3) is 5.98. The topological polar surface area (TPSA) is 31.2 Å². The summed E-state index contributed by atoms with van der Waals surface area (Å²) in [5.74, 6) is 0. The van der Waals surface area contributed by atoms with Gasteiger partial charge in [-0.05, 0) is 63.5 Å². The number of hydrogen-bond donors (Lipinski definition) is 0. The van der Waals surface area contributed by atoms with Crippen LogP contribution in [0.15, 0.2) is 91.0 Å². The summed E-state index contributed by atoms with van der Waals surface area (Å²) in [6.07, 6.45) is 0. The summed E-state index contributed by atoms with van der Waals surface area (Å²) < 4.78 is 4.05. The molecule has 0 atom stereocenters. The lowest BCUT2D eigenvalue weighted by Gasteiger charge is -2.35. The first kappa shape index (κ1) is 27.0. The summed E-state index contributed by atoms with van der Waals surface area (Å²) in [4.78, 5) is 0. The highest BCUT2D eigenvalue weighted by atomic mass is 35.5. The van der Waals surface area contributed by atoms with Crippen LogP contribution in [0.3, 0.4) is 0 Å². The van der Waals surface area contributed by atoms with Crippen LogP contribution < -0.4 is 9.35 Å². The Morgan fingerprint density at radius 3 is 1.06 bits per heavy atom. The second-order valence-electron chi connectivity index (χ2n) is 9.79. The Bertz CT molecular complexity index is 1070. The van der Waals surface area contributed by atoms with E-state index in [0.717, 1.165) is 11.4 Å². The number of nitrogens with zero attached hydrogens (tertiary/aromatic N) is 4. The molecule has 0 saturated carbocycles. The highest BCUT2D eigenvalue weighted by Crippen LogP contribution is 2.38. The third-order valence-electron chi connectivity index (χ3n) is 4.89. The van der Waals surface area contributed by atoms with Gasteiger partial charge in [-0.15, -0.1) is 0 Å². The molecule has 0 spiro atoms. The first-order valence-electron chi connectivity index (χ1n) is 10.8. The molecular formula is C24H28Cl4N4Si2. The first-order chi connectivity index (χ1) is 15.8. The van der Waals surface area contributed by atoms with Crippen LogP contribution >= 0.6 is 46.4 Å². The van der Waals surface area contributed by atoms with E-state index < -0.39 is 16.5 Å². The Morgan fingerprint density at radius 1 is 0.500 bits per heavy atom. The number of hydrazone groups is 2. The molecule has 0 bridgehead atoms. The molecule has 1 aliphatic rings. The van der Waals surface area contributed by atoms with E-state index in [1.165, 1.54) is 0 Å². The summed E-state index contributed by atoms with van der Waals surface area (Å²) in [5.41, 5.74) is 2.70. The van der Waals surface area contributed by atoms with Gasteiger partial charge in [0.15, 0.2) is 16.5 Å². The zero-order chi connectivity index (χ0) is 25.3. The van der Waals surface area contributed by atoms with Crippen molar-refractivity contribution < 1.29 is 0 Å². The number of rotatable bonds is 6. The molecule has 1 aliphatic carbocycles. The predicted molar refractivity (Wildman–Crippen MR) is 157 cm³/mol. The monoisotopic (exact) mass is 568 g/mol. The summed E-state index contributed by atoms with van der Waals surface area (Å²) in [7, 11) is -4.01. The molecule has 0 aliphatic heterocycles. The van der Waals surface area contributed by atoms with E-state index in [0.29, 0.717) is 11.4 Å². The maximum atomic E-state index is 6.75. The molecule has 4 nitrogen and oxygen atoms in total. The minimum absolute atomic E-state index is 0.161. The van der Waals surface area contributed by atoms with Crippen LogP contribution in [0.2, 0.25) is 39.3 Å².